The van der Waals surface area contributed by atoms with E-state index >= 15 is 0 Å². The summed E-state index contributed by atoms with van der Waals surface area (Å²) < 4.78 is 27.2. The van der Waals surface area contributed by atoms with Crippen molar-refractivity contribution in [3.05, 3.63) is 70.9 Å². The predicted molar refractivity (Wildman–Crippen MR) is 90.6 cm³/mol. The first-order valence-electron chi connectivity index (χ1n) is 7.09. The molecule has 24 heavy (non-hydrogen) atoms. The van der Waals surface area contributed by atoms with Crippen molar-refractivity contribution in [1.82, 2.24) is 9.71 Å². The lowest BCUT2D eigenvalue weighted by atomic mass is 10.1. The number of thioether (sulfide) groups is 1. The van der Waals surface area contributed by atoms with Crippen LogP contribution in [0.15, 0.2) is 70.4 Å². The van der Waals surface area contributed by atoms with Crippen molar-refractivity contribution in [3.8, 4) is 0 Å². The number of hydrogen-bond acceptors (Lipinski definition) is 5. The molecule has 1 aromatic carbocycles. The average Bonchev–Trinajstić information content (AvgIpc) is 3.00. The molecule has 0 saturated heterocycles. The summed E-state index contributed by atoms with van der Waals surface area (Å²) in [5, 5.41) is 9.10. The molecule has 0 amide bonds. The first-order valence-corrected chi connectivity index (χ1v) is 9.45. The maximum atomic E-state index is 12.4. The van der Waals surface area contributed by atoms with Gasteiger partial charge in [0.05, 0.1) is 0 Å². The first-order chi connectivity index (χ1) is 11.5. The topological polar surface area (TPSA) is 96.4 Å². The minimum Gasteiger partial charge on any atom is -0.477 e. The number of nitrogens with zero attached hydrogens (tertiary/aromatic N) is 1. The molecule has 6 nitrogen and oxygen atoms in total. The van der Waals surface area contributed by atoms with Gasteiger partial charge in [-0.2, -0.15) is 8.42 Å². The van der Waals surface area contributed by atoms with Gasteiger partial charge in [0.15, 0.2) is 5.03 Å². The molecule has 124 valence electrons. The summed E-state index contributed by atoms with van der Waals surface area (Å²) in [7, 11) is -3.91. The third-order valence-electron chi connectivity index (χ3n) is 3.46. The molecule has 3 rings (SSSR count). The molecule has 1 aliphatic heterocycles. The highest BCUT2D eigenvalue weighted by atomic mass is 32.2. The average molecular weight is 362 g/mol. The Morgan fingerprint density at radius 2 is 1.88 bits per heavy atom. The summed E-state index contributed by atoms with van der Waals surface area (Å²) in [5.74, 6) is -1.14. The lowest BCUT2D eigenvalue weighted by Gasteiger charge is -2.11. The standard InChI is InChI=1S/C16H14N2O4S2/c19-16(20)15-12(10-13(23-15)11-6-2-1-3-7-11)18-24(21,22)14-8-4-5-9-17-14/h1-9,13,18H,10H2,(H,19,20). The third kappa shape index (κ3) is 3.44. The van der Waals surface area contributed by atoms with Crippen molar-refractivity contribution in [2.75, 3.05) is 0 Å². The molecule has 0 bridgehead atoms. The van der Waals surface area contributed by atoms with E-state index in [4.69, 9.17) is 0 Å². The van der Waals surface area contributed by atoms with E-state index in [1.807, 2.05) is 30.3 Å². The van der Waals surface area contributed by atoms with Gasteiger partial charge in [-0.15, -0.1) is 11.8 Å². The fourth-order valence-electron chi connectivity index (χ4n) is 2.37. The SMILES string of the molecule is O=C(O)C1=C(NS(=O)(=O)c2ccccn2)CC(c2ccccc2)S1. The predicted octanol–water partition coefficient (Wildman–Crippen LogP) is 2.53. The van der Waals surface area contributed by atoms with E-state index in [2.05, 4.69) is 9.71 Å². The summed E-state index contributed by atoms with van der Waals surface area (Å²) in [6.45, 7) is 0. The molecule has 2 N–H and O–H groups in total. The second-order valence-electron chi connectivity index (χ2n) is 5.11. The zero-order valence-corrected chi connectivity index (χ0v) is 14.0. The molecule has 1 aromatic heterocycles. The minimum atomic E-state index is -3.91. The van der Waals surface area contributed by atoms with Gasteiger partial charge in [0.2, 0.25) is 0 Å². The number of allylic oxidation sites excluding steroid dienone is 1. The molecule has 0 spiro atoms. The number of hydrogen-bond donors (Lipinski definition) is 2. The second-order valence-corrected chi connectivity index (χ2v) is 7.95. The Morgan fingerprint density at radius 1 is 1.17 bits per heavy atom. The fraction of sp³-hybridized carbons (Fsp3) is 0.125. The van der Waals surface area contributed by atoms with Crippen molar-refractivity contribution in [2.45, 2.75) is 16.7 Å². The van der Waals surface area contributed by atoms with Crippen LogP contribution in [0.3, 0.4) is 0 Å². The van der Waals surface area contributed by atoms with Gasteiger partial charge >= 0.3 is 5.97 Å². The molecule has 1 atom stereocenters. The zero-order chi connectivity index (χ0) is 17.2. The van der Waals surface area contributed by atoms with Crippen LogP contribution in [0, 0.1) is 0 Å². The van der Waals surface area contributed by atoms with E-state index < -0.39 is 16.0 Å². The maximum absolute atomic E-state index is 12.4. The van der Waals surface area contributed by atoms with Crippen LogP contribution in [0.1, 0.15) is 17.2 Å². The van der Waals surface area contributed by atoms with Gasteiger partial charge in [0.1, 0.15) is 4.91 Å². The monoisotopic (exact) mass is 362 g/mol. The quantitative estimate of drug-likeness (QED) is 0.848. The molecule has 0 radical (unpaired) electrons. The van der Waals surface area contributed by atoms with E-state index in [-0.39, 0.29) is 20.9 Å². The number of aliphatic carboxylic acids is 1. The fourth-order valence-corrected chi connectivity index (χ4v) is 4.72. The number of rotatable bonds is 5. The number of carboxylic acids is 1. The minimum absolute atomic E-state index is 0.0170. The summed E-state index contributed by atoms with van der Waals surface area (Å²) in [6.07, 6.45) is 1.67. The van der Waals surface area contributed by atoms with Crippen molar-refractivity contribution in [2.24, 2.45) is 0 Å². The van der Waals surface area contributed by atoms with Crippen LogP contribution in [-0.2, 0) is 14.8 Å². The number of carboxylic acid groups (broad SMARTS) is 1. The number of nitrogens with one attached hydrogen (secondary N) is 1. The molecule has 0 aliphatic carbocycles. The van der Waals surface area contributed by atoms with Gasteiger partial charge in [0, 0.05) is 23.6 Å². The summed E-state index contributed by atoms with van der Waals surface area (Å²) in [5.41, 5.74) is 1.14. The maximum Gasteiger partial charge on any atom is 0.344 e. The summed E-state index contributed by atoms with van der Waals surface area (Å²) >= 11 is 1.15. The molecular weight excluding hydrogens is 348 g/mol. The van der Waals surface area contributed by atoms with Crippen molar-refractivity contribution < 1.29 is 18.3 Å². The van der Waals surface area contributed by atoms with Gasteiger partial charge in [-0.3, -0.25) is 4.72 Å². The Hall–Kier alpha value is -2.32. The highest BCUT2D eigenvalue weighted by molar-refractivity contribution is 8.04. The summed E-state index contributed by atoms with van der Waals surface area (Å²) in [6, 6.07) is 13.9. The Balaban J connectivity index is 1.88. The van der Waals surface area contributed by atoms with Crippen molar-refractivity contribution in [1.29, 1.82) is 0 Å². The van der Waals surface area contributed by atoms with Crippen LogP contribution >= 0.6 is 11.8 Å². The van der Waals surface area contributed by atoms with Gasteiger partial charge in [-0.25, -0.2) is 9.78 Å². The molecule has 8 heteroatoms. The van der Waals surface area contributed by atoms with Crippen molar-refractivity contribution in [3.63, 3.8) is 0 Å². The van der Waals surface area contributed by atoms with Crippen molar-refractivity contribution >= 4 is 27.8 Å². The molecule has 0 fully saturated rings. The first kappa shape index (κ1) is 16.5. The van der Waals surface area contributed by atoms with E-state index in [9.17, 15) is 18.3 Å². The lowest BCUT2D eigenvalue weighted by Crippen LogP contribution is -2.25. The smallest absolute Gasteiger partial charge is 0.344 e. The number of carbonyl (C=O) groups is 1. The van der Waals surface area contributed by atoms with Crippen LogP contribution in [0.4, 0.5) is 0 Å². The normalized spacial score (nSPS) is 17.8. The van der Waals surface area contributed by atoms with Gasteiger partial charge in [-0.1, -0.05) is 36.4 Å². The zero-order valence-electron chi connectivity index (χ0n) is 12.4. The molecule has 1 aliphatic rings. The third-order valence-corrected chi connectivity index (χ3v) is 6.15. The van der Waals surface area contributed by atoms with Crippen LogP contribution in [0.5, 0.6) is 0 Å². The van der Waals surface area contributed by atoms with E-state index in [0.717, 1.165) is 17.3 Å². The second kappa shape index (κ2) is 6.66. The molecular formula is C16H14N2O4S2. The molecule has 0 saturated carbocycles. The van der Waals surface area contributed by atoms with Gasteiger partial charge < -0.3 is 5.11 Å². The summed E-state index contributed by atoms with van der Waals surface area (Å²) in [4.78, 5) is 15.3. The molecule has 1 unspecified atom stereocenters. The lowest BCUT2D eigenvalue weighted by molar-refractivity contribution is -0.131. The van der Waals surface area contributed by atoms with Crippen LogP contribution in [-0.4, -0.2) is 24.5 Å². The largest absolute Gasteiger partial charge is 0.477 e. The number of pyridine rings is 1. The molecule has 2 heterocycles. The van der Waals surface area contributed by atoms with E-state index in [1.54, 1.807) is 12.1 Å². The van der Waals surface area contributed by atoms with E-state index in [0.29, 0.717) is 6.42 Å². The Labute approximate surface area is 143 Å². The number of benzene rings is 1. The van der Waals surface area contributed by atoms with Crippen LogP contribution < -0.4 is 4.72 Å². The van der Waals surface area contributed by atoms with Crippen LogP contribution in [0.25, 0.3) is 0 Å². The Morgan fingerprint density at radius 3 is 2.50 bits per heavy atom. The van der Waals surface area contributed by atoms with Gasteiger partial charge in [0.25, 0.3) is 10.0 Å². The van der Waals surface area contributed by atoms with Crippen LogP contribution in [0.2, 0.25) is 0 Å². The highest BCUT2D eigenvalue weighted by Gasteiger charge is 2.33. The number of sulfonamides is 1. The number of aromatic nitrogens is 1. The van der Waals surface area contributed by atoms with Gasteiger partial charge in [-0.05, 0) is 17.7 Å². The highest BCUT2D eigenvalue weighted by Crippen LogP contribution is 2.47. The Kier molecular flexibility index (Phi) is 4.59. The Bertz CT molecular complexity index is 881. The molecule has 2 aromatic rings. The van der Waals surface area contributed by atoms with E-state index in [1.165, 1.54) is 12.3 Å².